The van der Waals surface area contributed by atoms with Gasteiger partial charge in [-0.15, -0.1) is 0 Å². The number of rotatable bonds is 0. The van der Waals surface area contributed by atoms with E-state index in [-0.39, 0.29) is 5.41 Å². The van der Waals surface area contributed by atoms with Gasteiger partial charge in [0.2, 0.25) is 0 Å². The Bertz CT molecular complexity index is 463. The summed E-state index contributed by atoms with van der Waals surface area (Å²) in [6, 6.07) is 0. The van der Waals surface area contributed by atoms with Crippen LogP contribution in [0.15, 0.2) is 12.4 Å². The van der Waals surface area contributed by atoms with Crippen LogP contribution in [0.3, 0.4) is 0 Å². The summed E-state index contributed by atoms with van der Waals surface area (Å²) in [5.74, 6) is 0. The predicted octanol–water partition coefficient (Wildman–Crippen LogP) is 2.56. The summed E-state index contributed by atoms with van der Waals surface area (Å²) in [7, 11) is 0. The molecule has 3 nitrogen and oxygen atoms in total. The van der Waals surface area contributed by atoms with E-state index in [1.54, 1.807) is 6.20 Å². The number of aryl methyl sites for hydroxylation is 1. The van der Waals surface area contributed by atoms with E-state index in [0.717, 1.165) is 16.9 Å². The lowest BCUT2D eigenvalue weighted by atomic mass is 9.88. The Labute approximate surface area is 83.6 Å². The molecular formula is C11H15N3. The molecule has 0 unspecified atom stereocenters. The van der Waals surface area contributed by atoms with Gasteiger partial charge in [0.15, 0.2) is 5.65 Å². The number of nitrogens with one attached hydrogen (secondary N) is 1. The van der Waals surface area contributed by atoms with Crippen molar-refractivity contribution in [3.05, 3.63) is 23.7 Å². The fourth-order valence-electron chi connectivity index (χ4n) is 1.55. The van der Waals surface area contributed by atoms with Gasteiger partial charge in [0.25, 0.3) is 0 Å². The van der Waals surface area contributed by atoms with Gasteiger partial charge in [-0.3, -0.25) is 0 Å². The van der Waals surface area contributed by atoms with Gasteiger partial charge in [0.05, 0.1) is 11.9 Å². The molecule has 0 bridgehead atoms. The zero-order chi connectivity index (χ0) is 10.3. The van der Waals surface area contributed by atoms with Crippen molar-refractivity contribution in [1.29, 1.82) is 0 Å². The van der Waals surface area contributed by atoms with Crippen molar-refractivity contribution in [2.45, 2.75) is 33.1 Å². The van der Waals surface area contributed by atoms with E-state index >= 15 is 0 Å². The summed E-state index contributed by atoms with van der Waals surface area (Å²) in [6.45, 7) is 8.50. The van der Waals surface area contributed by atoms with E-state index in [2.05, 4.69) is 35.7 Å². The number of hydrogen-bond donors (Lipinski definition) is 1. The molecule has 74 valence electrons. The largest absolute Gasteiger partial charge is 0.344 e. The van der Waals surface area contributed by atoms with Crippen molar-refractivity contribution in [3.63, 3.8) is 0 Å². The molecule has 2 heterocycles. The zero-order valence-electron chi connectivity index (χ0n) is 9.05. The summed E-state index contributed by atoms with van der Waals surface area (Å²) in [6.07, 6.45) is 3.79. The van der Waals surface area contributed by atoms with E-state index in [1.165, 1.54) is 5.56 Å². The van der Waals surface area contributed by atoms with Crippen molar-refractivity contribution in [2.75, 3.05) is 0 Å². The van der Waals surface area contributed by atoms with Crippen molar-refractivity contribution in [1.82, 2.24) is 15.0 Å². The van der Waals surface area contributed by atoms with Crippen LogP contribution in [-0.4, -0.2) is 15.0 Å². The molecule has 0 radical (unpaired) electrons. The molecule has 0 saturated carbocycles. The molecule has 14 heavy (non-hydrogen) atoms. The van der Waals surface area contributed by atoms with Crippen LogP contribution >= 0.6 is 0 Å². The first-order valence-electron chi connectivity index (χ1n) is 4.80. The Morgan fingerprint density at radius 1 is 1.29 bits per heavy atom. The Morgan fingerprint density at radius 3 is 2.64 bits per heavy atom. The van der Waals surface area contributed by atoms with Crippen LogP contribution in [-0.2, 0) is 5.41 Å². The SMILES string of the molecule is Cc1cnc2[nH]cc(C(C)(C)C)c2n1. The first kappa shape index (κ1) is 9.19. The molecule has 0 atom stereocenters. The zero-order valence-corrected chi connectivity index (χ0v) is 9.05. The second kappa shape index (κ2) is 2.80. The highest BCUT2D eigenvalue weighted by atomic mass is 14.9. The first-order valence-corrected chi connectivity index (χ1v) is 4.80. The van der Waals surface area contributed by atoms with Crippen LogP contribution in [0.25, 0.3) is 11.2 Å². The number of hydrogen-bond acceptors (Lipinski definition) is 2. The second-order valence-electron chi connectivity index (χ2n) is 4.66. The van der Waals surface area contributed by atoms with Crippen molar-refractivity contribution >= 4 is 11.2 Å². The average molecular weight is 189 g/mol. The lowest BCUT2D eigenvalue weighted by molar-refractivity contribution is 0.594. The molecule has 2 rings (SSSR count). The van der Waals surface area contributed by atoms with Gasteiger partial charge in [-0.25, -0.2) is 9.97 Å². The maximum Gasteiger partial charge on any atom is 0.156 e. The lowest BCUT2D eigenvalue weighted by Crippen LogP contribution is -2.10. The number of aromatic amines is 1. The molecule has 0 aromatic carbocycles. The van der Waals surface area contributed by atoms with E-state index in [1.807, 2.05) is 13.1 Å². The van der Waals surface area contributed by atoms with Gasteiger partial charge >= 0.3 is 0 Å². The molecule has 0 aliphatic carbocycles. The maximum absolute atomic E-state index is 4.51. The Morgan fingerprint density at radius 2 is 2.00 bits per heavy atom. The second-order valence-corrected chi connectivity index (χ2v) is 4.66. The molecule has 2 aromatic rings. The van der Waals surface area contributed by atoms with Crippen molar-refractivity contribution in [3.8, 4) is 0 Å². The van der Waals surface area contributed by atoms with Gasteiger partial charge in [-0.05, 0) is 12.3 Å². The van der Waals surface area contributed by atoms with Crippen LogP contribution in [0.2, 0.25) is 0 Å². The smallest absolute Gasteiger partial charge is 0.156 e. The molecule has 0 aliphatic rings. The quantitative estimate of drug-likeness (QED) is 0.692. The molecule has 0 aliphatic heterocycles. The van der Waals surface area contributed by atoms with Crippen LogP contribution in [0.1, 0.15) is 32.0 Å². The number of H-pyrrole nitrogens is 1. The van der Waals surface area contributed by atoms with Gasteiger partial charge < -0.3 is 4.98 Å². The first-order chi connectivity index (χ1) is 6.48. The minimum absolute atomic E-state index is 0.112. The summed E-state index contributed by atoms with van der Waals surface area (Å²) in [4.78, 5) is 12.0. The normalized spacial score (nSPS) is 12.3. The molecule has 0 fully saturated rings. The molecule has 0 amide bonds. The third kappa shape index (κ3) is 1.39. The van der Waals surface area contributed by atoms with E-state index in [9.17, 15) is 0 Å². The highest BCUT2D eigenvalue weighted by Gasteiger charge is 2.19. The minimum atomic E-state index is 0.112. The highest BCUT2D eigenvalue weighted by molar-refractivity contribution is 5.76. The van der Waals surface area contributed by atoms with Crippen molar-refractivity contribution < 1.29 is 0 Å². The standard InChI is InChI=1S/C11H15N3/c1-7-5-12-10-9(14-7)8(6-13-10)11(2,3)4/h5-6H,1-4H3,(H,12,13). The Hall–Kier alpha value is -1.38. The van der Waals surface area contributed by atoms with E-state index in [4.69, 9.17) is 0 Å². The van der Waals surface area contributed by atoms with Crippen LogP contribution < -0.4 is 0 Å². The molecular weight excluding hydrogens is 174 g/mol. The monoisotopic (exact) mass is 189 g/mol. The minimum Gasteiger partial charge on any atom is -0.344 e. The van der Waals surface area contributed by atoms with Crippen LogP contribution in [0, 0.1) is 6.92 Å². The van der Waals surface area contributed by atoms with E-state index in [0.29, 0.717) is 0 Å². The third-order valence-electron chi connectivity index (χ3n) is 2.31. The number of aromatic nitrogens is 3. The number of fused-ring (bicyclic) bond motifs is 1. The summed E-state index contributed by atoms with van der Waals surface area (Å²) in [5.41, 5.74) is 4.17. The molecule has 0 spiro atoms. The van der Waals surface area contributed by atoms with Gasteiger partial charge in [-0.1, -0.05) is 20.8 Å². The summed E-state index contributed by atoms with van der Waals surface area (Å²) >= 11 is 0. The molecule has 1 N–H and O–H groups in total. The van der Waals surface area contributed by atoms with E-state index < -0.39 is 0 Å². The summed E-state index contributed by atoms with van der Waals surface area (Å²) < 4.78 is 0. The molecule has 2 aromatic heterocycles. The lowest BCUT2D eigenvalue weighted by Gasteiger charge is -2.16. The fraction of sp³-hybridized carbons (Fsp3) is 0.455. The third-order valence-corrected chi connectivity index (χ3v) is 2.31. The van der Waals surface area contributed by atoms with Crippen molar-refractivity contribution in [2.24, 2.45) is 0 Å². The van der Waals surface area contributed by atoms with Gasteiger partial charge in [0.1, 0.15) is 5.52 Å². The van der Waals surface area contributed by atoms with Gasteiger partial charge in [-0.2, -0.15) is 0 Å². The molecule has 3 heteroatoms. The summed E-state index contributed by atoms with van der Waals surface area (Å²) in [5, 5.41) is 0. The predicted molar refractivity (Wildman–Crippen MR) is 57.3 cm³/mol. The Balaban J connectivity index is 2.73. The fourth-order valence-corrected chi connectivity index (χ4v) is 1.55. The topological polar surface area (TPSA) is 41.6 Å². The highest BCUT2D eigenvalue weighted by Crippen LogP contribution is 2.27. The van der Waals surface area contributed by atoms with Crippen LogP contribution in [0.5, 0.6) is 0 Å². The van der Waals surface area contributed by atoms with Crippen LogP contribution in [0.4, 0.5) is 0 Å². The van der Waals surface area contributed by atoms with Gasteiger partial charge in [0, 0.05) is 11.8 Å². The average Bonchev–Trinajstić information content (AvgIpc) is 2.45. The number of nitrogens with zero attached hydrogens (tertiary/aromatic N) is 2. The maximum atomic E-state index is 4.51. The molecule has 0 saturated heterocycles. The Kier molecular flexibility index (Phi) is 1.84.